The van der Waals surface area contributed by atoms with E-state index in [-0.39, 0.29) is 43.0 Å². The van der Waals surface area contributed by atoms with Gasteiger partial charge in [-0.05, 0) is 46.8 Å². The summed E-state index contributed by atoms with van der Waals surface area (Å²) < 4.78 is 37.2. The van der Waals surface area contributed by atoms with Gasteiger partial charge in [0.15, 0.2) is 17.9 Å². The molecule has 11 heteroatoms. The lowest BCUT2D eigenvalue weighted by Crippen LogP contribution is -2.29. The highest BCUT2D eigenvalue weighted by molar-refractivity contribution is 5.80. The molecule has 4 heterocycles. The topological polar surface area (TPSA) is 133 Å². The molecular weight excluding hydrogens is 464 g/mol. The molecule has 6 atom stereocenters. The third-order valence-electron chi connectivity index (χ3n) is 4.92. The van der Waals surface area contributed by atoms with Gasteiger partial charge in [-0.3, -0.25) is 0 Å². The Labute approximate surface area is 204 Å². The predicted molar refractivity (Wildman–Crippen MR) is 119 cm³/mol. The van der Waals surface area contributed by atoms with Gasteiger partial charge in [0, 0.05) is 12.0 Å². The van der Waals surface area contributed by atoms with E-state index in [1.165, 1.54) is 7.11 Å². The van der Waals surface area contributed by atoms with Crippen molar-refractivity contribution in [1.82, 2.24) is 0 Å². The molecule has 3 saturated heterocycles. The molecule has 0 unspecified atom stereocenters. The van der Waals surface area contributed by atoms with Crippen molar-refractivity contribution < 1.29 is 52.3 Å². The second-order valence-electron chi connectivity index (χ2n) is 8.53. The minimum absolute atomic E-state index is 0.0544. The van der Waals surface area contributed by atoms with E-state index in [2.05, 4.69) is 11.3 Å². The van der Waals surface area contributed by atoms with Crippen LogP contribution in [0.25, 0.3) is 0 Å². The van der Waals surface area contributed by atoms with Crippen LogP contribution in [0.4, 0.5) is 0 Å². The van der Waals surface area contributed by atoms with Gasteiger partial charge < -0.3 is 38.0 Å². The first-order chi connectivity index (χ1) is 16.4. The zero-order valence-electron chi connectivity index (χ0n) is 21.0. The third kappa shape index (κ3) is 9.14. The summed E-state index contributed by atoms with van der Waals surface area (Å²) >= 11 is 0. The van der Waals surface area contributed by atoms with Gasteiger partial charge in [0.05, 0.1) is 7.11 Å². The van der Waals surface area contributed by atoms with Crippen LogP contribution >= 0.6 is 0 Å². The molecular formula is C24H34O11. The molecule has 0 N–H and O–H groups in total. The highest BCUT2D eigenvalue weighted by Crippen LogP contribution is 2.39. The second kappa shape index (κ2) is 13.4. The molecule has 11 nitrogen and oxygen atoms in total. The van der Waals surface area contributed by atoms with Crippen molar-refractivity contribution in [1.29, 1.82) is 0 Å². The van der Waals surface area contributed by atoms with Crippen LogP contribution in [0.2, 0.25) is 0 Å². The largest absolute Gasteiger partial charge is 0.466 e. The standard InChI is InChI=1S/C10H14O3.C9H14O4.C4H6O2.CO2/c1-4-5-7-6-8-9(11-7)13-10(2,3)12-8;1-5-6(4-10)11-8-7(5)12-9(2,3)13-8;1-3-4(5)6-2;2-1-3/h4-6,8-9H,1-3H3;4-8H,1-3H3;3H,1H2,2H3;/b5-4+;;;/t8-,9-;5-,6+,7+,8+;;/m10../s1. The van der Waals surface area contributed by atoms with E-state index in [1.807, 2.05) is 59.8 Å². The molecule has 0 aromatic heterocycles. The lowest BCUT2D eigenvalue weighted by Gasteiger charge is -2.21. The number of rotatable bonds is 3. The maximum atomic E-state index is 10.6. The Balaban J connectivity index is 0.000000264. The van der Waals surface area contributed by atoms with Gasteiger partial charge in [0.2, 0.25) is 6.29 Å². The third-order valence-corrected chi connectivity index (χ3v) is 4.92. The van der Waals surface area contributed by atoms with Gasteiger partial charge in [0.1, 0.15) is 30.4 Å². The Kier molecular flexibility index (Phi) is 11.7. The quantitative estimate of drug-likeness (QED) is 0.323. The fourth-order valence-electron chi connectivity index (χ4n) is 3.48. The summed E-state index contributed by atoms with van der Waals surface area (Å²) in [5, 5.41) is 0. The number of carbonyl (C=O) groups is 2. The number of esters is 1. The summed E-state index contributed by atoms with van der Waals surface area (Å²) in [6.45, 7) is 14.5. The Bertz CT molecular complexity index is 823. The summed E-state index contributed by atoms with van der Waals surface area (Å²) in [6.07, 6.45) is 6.76. The van der Waals surface area contributed by atoms with Gasteiger partial charge >= 0.3 is 12.1 Å². The minimum Gasteiger partial charge on any atom is -0.466 e. The molecule has 196 valence electrons. The van der Waals surface area contributed by atoms with Gasteiger partial charge in [-0.15, -0.1) is 0 Å². The van der Waals surface area contributed by atoms with Crippen LogP contribution < -0.4 is 0 Å². The normalized spacial score (nSPS) is 32.5. The zero-order chi connectivity index (χ0) is 26.8. The van der Waals surface area contributed by atoms with E-state index < -0.39 is 17.5 Å². The molecule has 4 aliphatic heterocycles. The van der Waals surface area contributed by atoms with Crippen molar-refractivity contribution in [2.24, 2.45) is 5.92 Å². The van der Waals surface area contributed by atoms with Gasteiger partial charge in [-0.2, -0.15) is 9.59 Å². The van der Waals surface area contributed by atoms with Gasteiger partial charge in [-0.1, -0.05) is 19.6 Å². The average molecular weight is 499 g/mol. The lowest BCUT2D eigenvalue weighted by atomic mass is 10.0. The molecule has 0 saturated carbocycles. The van der Waals surface area contributed by atoms with E-state index in [1.54, 1.807) is 0 Å². The van der Waals surface area contributed by atoms with Crippen molar-refractivity contribution in [2.75, 3.05) is 7.11 Å². The Hall–Kier alpha value is -2.66. The van der Waals surface area contributed by atoms with Crippen LogP contribution in [0.1, 0.15) is 41.5 Å². The summed E-state index contributed by atoms with van der Waals surface area (Å²) in [6, 6.07) is 0. The number of hydrogen-bond acceptors (Lipinski definition) is 11. The monoisotopic (exact) mass is 498 g/mol. The molecule has 4 aliphatic rings. The molecule has 0 aromatic rings. The fraction of sp³-hybridized carbons (Fsp3) is 0.625. The smallest absolute Gasteiger partial charge is 0.373 e. The number of fused-ring (bicyclic) bond motifs is 2. The maximum Gasteiger partial charge on any atom is 0.373 e. The molecule has 0 amide bonds. The molecule has 4 rings (SSSR count). The van der Waals surface area contributed by atoms with E-state index in [9.17, 15) is 9.59 Å². The highest BCUT2D eigenvalue weighted by Gasteiger charge is 2.52. The lowest BCUT2D eigenvalue weighted by molar-refractivity contribution is -0.207. The van der Waals surface area contributed by atoms with E-state index in [0.29, 0.717) is 0 Å². The van der Waals surface area contributed by atoms with Crippen LogP contribution in [0.15, 0.2) is 36.6 Å². The molecule has 0 bridgehead atoms. The van der Waals surface area contributed by atoms with E-state index in [0.717, 1.165) is 18.1 Å². The van der Waals surface area contributed by atoms with Crippen LogP contribution in [-0.2, 0) is 52.3 Å². The number of carbonyl (C=O) groups excluding carboxylic acids is 4. The Morgan fingerprint density at radius 2 is 1.66 bits per heavy atom. The molecule has 35 heavy (non-hydrogen) atoms. The fourth-order valence-corrected chi connectivity index (χ4v) is 3.48. The maximum absolute atomic E-state index is 10.6. The minimum atomic E-state index is -0.586. The Morgan fingerprint density at radius 1 is 1.09 bits per heavy atom. The number of aldehydes is 1. The Morgan fingerprint density at radius 3 is 2.09 bits per heavy atom. The van der Waals surface area contributed by atoms with Gasteiger partial charge in [-0.25, -0.2) is 4.79 Å². The summed E-state index contributed by atoms with van der Waals surface area (Å²) in [5.41, 5.74) is 0. The zero-order valence-corrected chi connectivity index (χ0v) is 21.0. The van der Waals surface area contributed by atoms with Crippen LogP contribution in [0.5, 0.6) is 0 Å². The van der Waals surface area contributed by atoms with E-state index in [4.69, 9.17) is 38.0 Å². The average Bonchev–Trinajstić information content (AvgIpc) is 3.45. The van der Waals surface area contributed by atoms with Crippen LogP contribution in [-0.4, -0.2) is 68.0 Å². The first kappa shape index (κ1) is 30.4. The first-order valence-electron chi connectivity index (χ1n) is 10.9. The first-order valence-corrected chi connectivity index (χ1v) is 10.9. The summed E-state index contributed by atoms with van der Waals surface area (Å²) in [4.78, 5) is 36.7. The number of allylic oxidation sites excluding steroid dienone is 2. The SMILES string of the molecule is C/C=C/C1=C[C@H]2OC(C)(C)O[C@H]2O1.C=CC(=O)OC.C[C@@H]1[C@H]2OC(C)(C)O[C@H]2O[C@@H]1C=O.O=C=O. The summed E-state index contributed by atoms with van der Waals surface area (Å²) in [5.74, 6) is -0.600. The molecule has 0 aliphatic carbocycles. The molecule has 3 fully saturated rings. The predicted octanol–water partition coefficient (Wildman–Crippen LogP) is 2.41. The molecule has 0 aromatic carbocycles. The van der Waals surface area contributed by atoms with Crippen molar-refractivity contribution in [3.05, 3.63) is 36.6 Å². The molecule has 0 spiro atoms. The van der Waals surface area contributed by atoms with Crippen molar-refractivity contribution in [2.45, 2.75) is 84.0 Å². The summed E-state index contributed by atoms with van der Waals surface area (Å²) in [7, 11) is 1.31. The number of hydrogen-bond donors (Lipinski definition) is 0. The second-order valence-corrected chi connectivity index (χ2v) is 8.53. The number of ether oxygens (including phenoxy) is 7. The van der Waals surface area contributed by atoms with Crippen LogP contribution in [0, 0.1) is 5.92 Å². The highest BCUT2D eigenvalue weighted by atomic mass is 16.8. The van der Waals surface area contributed by atoms with Crippen molar-refractivity contribution in [3.63, 3.8) is 0 Å². The van der Waals surface area contributed by atoms with Crippen molar-refractivity contribution >= 4 is 18.4 Å². The number of methoxy groups -OCH3 is 1. The van der Waals surface area contributed by atoms with Gasteiger partial charge in [0.25, 0.3) is 0 Å². The van der Waals surface area contributed by atoms with E-state index >= 15 is 0 Å². The van der Waals surface area contributed by atoms with Crippen molar-refractivity contribution in [3.8, 4) is 0 Å². The molecule has 0 radical (unpaired) electrons. The van der Waals surface area contributed by atoms with Crippen LogP contribution in [0.3, 0.4) is 0 Å².